The van der Waals surface area contributed by atoms with Crippen molar-refractivity contribution in [3.63, 3.8) is 0 Å². The number of halogens is 1. The van der Waals surface area contributed by atoms with Crippen LogP contribution in [0.25, 0.3) is 22.3 Å². The molecule has 0 N–H and O–H groups in total. The third-order valence-electron chi connectivity index (χ3n) is 5.41. The van der Waals surface area contributed by atoms with Gasteiger partial charge in [-0.05, 0) is 65.9 Å². The van der Waals surface area contributed by atoms with E-state index in [-0.39, 0.29) is 11.6 Å². The van der Waals surface area contributed by atoms with Crippen molar-refractivity contribution in [2.45, 2.75) is 19.8 Å². The lowest BCUT2D eigenvalue weighted by Crippen LogP contribution is -2.16. The van der Waals surface area contributed by atoms with Crippen molar-refractivity contribution < 1.29 is 14.0 Å². The number of aryl methyl sites for hydroxylation is 2. The van der Waals surface area contributed by atoms with Crippen molar-refractivity contribution in [3.05, 3.63) is 81.4 Å². The lowest BCUT2D eigenvalue weighted by Gasteiger charge is -2.17. The Morgan fingerprint density at radius 1 is 0.815 bits per heavy atom. The van der Waals surface area contributed by atoms with E-state index in [4.69, 9.17) is 16.0 Å². The Balaban J connectivity index is 1.63. The molecule has 0 unspecified atom stereocenters. The molecule has 0 radical (unpaired) electrons. The van der Waals surface area contributed by atoms with Gasteiger partial charge in [-0.3, -0.25) is 9.59 Å². The molecule has 132 valence electrons. The number of ketones is 2. The Hall–Kier alpha value is -2.91. The summed E-state index contributed by atoms with van der Waals surface area (Å²) in [4.78, 5) is 26.1. The molecule has 1 aliphatic carbocycles. The summed E-state index contributed by atoms with van der Waals surface area (Å²) in [5, 5.41) is 0.672. The van der Waals surface area contributed by atoms with Gasteiger partial charge in [-0.1, -0.05) is 35.9 Å². The third kappa shape index (κ3) is 2.22. The standard InChI is InChI=1S/C23H15ClO3/c1-11-8-14(13-4-3-5-15(24)10-13)9-12(2)18(11)21-22(25)19-16-6-7-17(27-16)20(19)23(21)26/h3-10,21H,1-2H3. The van der Waals surface area contributed by atoms with Gasteiger partial charge < -0.3 is 4.42 Å². The van der Waals surface area contributed by atoms with E-state index in [1.807, 2.05) is 50.2 Å². The van der Waals surface area contributed by atoms with Crippen molar-refractivity contribution in [3.8, 4) is 11.1 Å². The van der Waals surface area contributed by atoms with E-state index in [9.17, 15) is 9.59 Å². The highest BCUT2D eigenvalue weighted by Gasteiger charge is 2.45. The maximum Gasteiger partial charge on any atom is 0.182 e. The molecule has 0 saturated heterocycles. The Labute approximate surface area is 160 Å². The van der Waals surface area contributed by atoms with Crippen LogP contribution in [0, 0.1) is 13.8 Å². The molecule has 0 amide bonds. The number of fused-ring (bicyclic) bond motifs is 5. The number of carbonyl (C=O) groups is 2. The molecule has 2 aromatic carbocycles. The molecule has 0 atom stereocenters. The summed E-state index contributed by atoms with van der Waals surface area (Å²) >= 11 is 6.12. The van der Waals surface area contributed by atoms with E-state index in [1.54, 1.807) is 12.1 Å². The Morgan fingerprint density at radius 3 is 1.96 bits per heavy atom. The van der Waals surface area contributed by atoms with Gasteiger partial charge in [0.1, 0.15) is 17.1 Å². The van der Waals surface area contributed by atoms with Crippen molar-refractivity contribution >= 4 is 34.3 Å². The number of Topliss-reactive ketones (excluding diaryl/α,β-unsaturated/α-hetero) is 2. The molecule has 5 rings (SSSR count). The lowest BCUT2D eigenvalue weighted by molar-refractivity contribution is 0.0889. The fraction of sp³-hybridized carbons (Fsp3) is 0.130. The van der Waals surface area contributed by atoms with Crippen LogP contribution < -0.4 is 0 Å². The van der Waals surface area contributed by atoms with Crippen LogP contribution in [-0.4, -0.2) is 11.6 Å². The second-order valence-electron chi connectivity index (χ2n) is 7.11. The quantitative estimate of drug-likeness (QED) is 0.406. The first-order valence-corrected chi connectivity index (χ1v) is 9.14. The topological polar surface area (TPSA) is 47.3 Å². The molecule has 4 heteroatoms. The van der Waals surface area contributed by atoms with Crippen molar-refractivity contribution in [1.82, 2.24) is 0 Å². The summed E-state index contributed by atoms with van der Waals surface area (Å²) < 4.78 is 5.51. The largest absolute Gasteiger partial charge is 0.456 e. The Morgan fingerprint density at radius 2 is 1.41 bits per heavy atom. The zero-order chi connectivity index (χ0) is 18.9. The molecule has 1 aliphatic rings. The fourth-order valence-corrected chi connectivity index (χ4v) is 4.47. The van der Waals surface area contributed by atoms with Crippen LogP contribution in [0.15, 0.2) is 52.9 Å². The predicted molar refractivity (Wildman–Crippen MR) is 105 cm³/mol. The minimum absolute atomic E-state index is 0.161. The molecular formula is C23H15ClO3. The summed E-state index contributed by atoms with van der Waals surface area (Å²) in [5.41, 5.74) is 6.57. The summed E-state index contributed by atoms with van der Waals surface area (Å²) in [6.45, 7) is 3.90. The zero-order valence-electron chi connectivity index (χ0n) is 14.8. The van der Waals surface area contributed by atoms with E-state index in [0.29, 0.717) is 27.3 Å². The maximum absolute atomic E-state index is 13.0. The fourth-order valence-electron chi connectivity index (χ4n) is 4.28. The molecule has 4 aromatic rings. The highest BCUT2D eigenvalue weighted by atomic mass is 35.5. The van der Waals surface area contributed by atoms with Crippen molar-refractivity contribution in [2.24, 2.45) is 0 Å². The average Bonchev–Trinajstić information content (AvgIpc) is 3.30. The van der Waals surface area contributed by atoms with Crippen LogP contribution >= 0.6 is 11.6 Å². The van der Waals surface area contributed by atoms with Crippen LogP contribution in [0.3, 0.4) is 0 Å². The zero-order valence-corrected chi connectivity index (χ0v) is 15.6. The van der Waals surface area contributed by atoms with E-state index in [2.05, 4.69) is 0 Å². The average molecular weight is 375 g/mol. The van der Waals surface area contributed by atoms with Crippen LogP contribution in [-0.2, 0) is 0 Å². The number of rotatable bonds is 2. The summed E-state index contributed by atoms with van der Waals surface area (Å²) in [6.07, 6.45) is 0. The van der Waals surface area contributed by atoms with Gasteiger partial charge >= 0.3 is 0 Å². The highest BCUT2D eigenvalue weighted by Crippen LogP contribution is 2.44. The molecule has 0 spiro atoms. The minimum atomic E-state index is -0.780. The second-order valence-corrected chi connectivity index (χ2v) is 7.55. The van der Waals surface area contributed by atoms with Gasteiger partial charge in [0.2, 0.25) is 0 Å². The minimum Gasteiger partial charge on any atom is -0.456 e. The van der Waals surface area contributed by atoms with Gasteiger partial charge in [0, 0.05) is 5.02 Å². The number of hydrogen-bond donors (Lipinski definition) is 0. The number of hydrogen-bond acceptors (Lipinski definition) is 3. The maximum atomic E-state index is 13.0. The molecule has 2 heterocycles. The van der Waals surface area contributed by atoms with Crippen LogP contribution in [0.5, 0.6) is 0 Å². The summed E-state index contributed by atoms with van der Waals surface area (Å²) in [6, 6.07) is 15.2. The van der Waals surface area contributed by atoms with E-state index in [1.165, 1.54) is 0 Å². The molecule has 0 fully saturated rings. The van der Waals surface area contributed by atoms with E-state index in [0.717, 1.165) is 27.8 Å². The lowest BCUT2D eigenvalue weighted by atomic mass is 9.85. The third-order valence-corrected chi connectivity index (χ3v) is 5.64. The van der Waals surface area contributed by atoms with Gasteiger partial charge in [-0.25, -0.2) is 0 Å². The van der Waals surface area contributed by atoms with Gasteiger partial charge in [0.25, 0.3) is 0 Å². The molecule has 3 nitrogen and oxygen atoms in total. The Bertz CT molecular complexity index is 1180. The van der Waals surface area contributed by atoms with E-state index >= 15 is 0 Å². The van der Waals surface area contributed by atoms with Crippen LogP contribution in [0.2, 0.25) is 5.02 Å². The van der Waals surface area contributed by atoms with Gasteiger partial charge in [-0.2, -0.15) is 0 Å². The molecular weight excluding hydrogens is 360 g/mol. The summed E-state index contributed by atoms with van der Waals surface area (Å²) in [7, 11) is 0. The van der Waals surface area contributed by atoms with Crippen molar-refractivity contribution in [1.29, 1.82) is 0 Å². The first-order valence-electron chi connectivity index (χ1n) is 8.76. The van der Waals surface area contributed by atoms with Crippen LogP contribution in [0.4, 0.5) is 0 Å². The summed E-state index contributed by atoms with van der Waals surface area (Å²) in [5.74, 6) is -1.10. The molecule has 2 aromatic heterocycles. The number of benzene rings is 3. The second kappa shape index (κ2) is 5.54. The molecule has 0 aliphatic heterocycles. The van der Waals surface area contributed by atoms with Gasteiger partial charge in [-0.15, -0.1) is 0 Å². The molecule has 0 saturated carbocycles. The van der Waals surface area contributed by atoms with E-state index < -0.39 is 5.92 Å². The smallest absolute Gasteiger partial charge is 0.182 e. The molecule has 2 bridgehead atoms. The predicted octanol–water partition coefficient (Wildman–Crippen LogP) is 5.97. The number of furan rings is 2. The normalized spacial score (nSPS) is 14.5. The first kappa shape index (κ1) is 16.3. The first-order chi connectivity index (χ1) is 13.0. The van der Waals surface area contributed by atoms with Gasteiger partial charge in [0.15, 0.2) is 11.6 Å². The van der Waals surface area contributed by atoms with Crippen LogP contribution in [0.1, 0.15) is 43.3 Å². The highest BCUT2D eigenvalue weighted by molar-refractivity contribution is 6.35. The Kier molecular flexibility index (Phi) is 3.34. The SMILES string of the molecule is Cc1cc(-c2cccc(Cl)c2)cc(C)c1C1C(=O)c2c(c3ccc2o3)C1=O. The monoisotopic (exact) mass is 374 g/mol. The van der Waals surface area contributed by atoms with Crippen molar-refractivity contribution in [2.75, 3.05) is 0 Å². The number of carbonyl (C=O) groups excluding carboxylic acids is 2. The van der Waals surface area contributed by atoms with Gasteiger partial charge in [0.05, 0.1) is 11.1 Å². The molecule has 27 heavy (non-hydrogen) atoms.